The zero-order valence-corrected chi connectivity index (χ0v) is 12.6. The van der Waals surface area contributed by atoms with Crippen LogP contribution in [0.5, 0.6) is 0 Å². The summed E-state index contributed by atoms with van der Waals surface area (Å²) in [7, 11) is 0. The van der Waals surface area contributed by atoms with Gasteiger partial charge in [-0.2, -0.15) is 0 Å². The maximum absolute atomic E-state index is 4.61. The Morgan fingerprint density at radius 1 is 1.25 bits per heavy atom. The summed E-state index contributed by atoms with van der Waals surface area (Å²) in [6, 6.07) is 6.18. The van der Waals surface area contributed by atoms with E-state index >= 15 is 0 Å². The summed E-state index contributed by atoms with van der Waals surface area (Å²) in [5.74, 6) is 1.80. The molecule has 1 aliphatic carbocycles. The molecular weight excluding hydrogens is 246 g/mol. The fourth-order valence-electron chi connectivity index (χ4n) is 3.31. The smallest absolute Gasteiger partial charge is 0.137 e. The van der Waals surface area contributed by atoms with Crippen LogP contribution in [0.15, 0.2) is 24.4 Å². The van der Waals surface area contributed by atoms with Crippen molar-refractivity contribution in [3.63, 3.8) is 0 Å². The van der Waals surface area contributed by atoms with Gasteiger partial charge in [0.25, 0.3) is 0 Å². The minimum Gasteiger partial charge on any atom is -0.311 e. The Labute approximate surface area is 121 Å². The first-order valence-corrected chi connectivity index (χ1v) is 7.87. The Morgan fingerprint density at radius 2 is 2.05 bits per heavy atom. The number of aromatic nitrogens is 2. The minimum atomic E-state index is 0.866. The van der Waals surface area contributed by atoms with Crippen LogP contribution >= 0.6 is 0 Å². The topological polar surface area (TPSA) is 29.3 Å². The van der Waals surface area contributed by atoms with Gasteiger partial charge >= 0.3 is 0 Å². The highest BCUT2D eigenvalue weighted by molar-refractivity contribution is 5.42. The van der Waals surface area contributed by atoms with E-state index in [-0.39, 0.29) is 0 Å². The maximum Gasteiger partial charge on any atom is 0.137 e. The second kappa shape index (κ2) is 5.96. The predicted molar refractivity (Wildman–Crippen MR) is 82.8 cm³/mol. The lowest BCUT2D eigenvalue weighted by atomic mass is 9.83. The van der Waals surface area contributed by atoms with E-state index in [9.17, 15) is 0 Å². The van der Waals surface area contributed by atoms with Crippen molar-refractivity contribution in [1.82, 2.24) is 14.7 Å². The van der Waals surface area contributed by atoms with Crippen LogP contribution in [-0.4, -0.2) is 15.9 Å². The van der Waals surface area contributed by atoms with Crippen LogP contribution in [0.1, 0.15) is 44.0 Å². The Balaban J connectivity index is 1.59. The number of fused-ring (bicyclic) bond motifs is 1. The highest BCUT2D eigenvalue weighted by Gasteiger charge is 2.18. The van der Waals surface area contributed by atoms with E-state index in [1.54, 1.807) is 0 Å². The molecule has 3 nitrogen and oxygen atoms in total. The van der Waals surface area contributed by atoms with Gasteiger partial charge in [-0.05, 0) is 50.3 Å². The summed E-state index contributed by atoms with van der Waals surface area (Å²) >= 11 is 0. The standard InChI is InChI=1S/C17H25N3/c1-13-6-8-15(9-7-13)11-18-12-16-14(2)19-17-5-3-4-10-20(16)17/h3-5,10,13,15,18H,6-9,11-12H2,1-2H3. The van der Waals surface area contributed by atoms with Crippen molar-refractivity contribution >= 4 is 5.65 Å². The number of nitrogens with one attached hydrogen (secondary N) is 1. The van der Waals surface area contributed by atoms with Crippen LogP contribution in [-0.2, 0) is 6.54 Å². The van der Waals surface area contributed by atoms with Gasteiger partial charge in [-0.15, -0.1) is 0 Å². The van der Waals surface area contributed by atoms with E-state index in [1.807, 2.05) is 6.07 Å². The lowest BCUT2D eigenvalue weighted by Gasteiger charge is -2.26. The molecular formula is C17H25N3. The van der Waals surface area contributed by atoms with E-state index in [0.717, 1.165) is 36.3 Å². The molecule has 3 rings (SSSR count). The summed E-state index contributed by atoms with van der Waals surface area (Å²) < 4.78 is 2.20. The van der Waals surface area contributed by atoms with Crippen molar-refractivity contribution in [2.75, 3.05) is 6.54 Å². The van der Waals surface area contributed by atoms with Gasteiger partial charge in [0, 0.05) is 12.7 Å². The van der Waals surface area contributed by atoms with Gasteiger partial charge in [0.2, 0.25) is 0 Å². The fourth-order valence-corrected chi connectivity index (χ4v) is 3.31. The van der Waals surface area contributed by atoms with Crippen LogP contribution in [0.3, 0.4) is 0 Å². The molecule has 1 aliphatic rings. The molecule has 0 atom stereocenters. The third-order valence-corrected chi connectivity index (χ3v) is 4.69. The molecule has 3 heteroatoms. The number of aryl methyl sites for hydroxylation is 1. The van der Waals surface area contributed by atoms with E-state index < -0.39 is 0 Å². The molecule has 1 saturated carbocycles. The average molecular weight is 271 g/mol. The molecule has 2 aromatic rings. The SMILES string of the molecule is Cc1nc2ccccn2c1CNCC1CCC(C)CC1. The number of rotatable bonds is 4. The van der Waals surface area contributed by atoms with Crippen LogP contribution in [0, 0.1) is 18.8 Å². The Kier molecular flexibility index (Phi) is 4.06. The summed E-state index contributed by atoms with van der Waals surface area (Å²) in [5.41, 5.74) is 3.49. The number of hydrogen-bond acceptors (Lipinski definition) is 2. The molecule has 0 aromatic carbocycles. The fraction of sp³-hybridized carbons (Fsp3) is 0.588. The van der Waals surface area contributed by atoms with E-state index in [1.165, 1.54) is 31.4 Å². The Morgan fingerprint density at radius 3 is 2.85 bits per heavy atom. The van der Waals surface area contributed by atoms with Crippen molar-refractivity contribution in [3.05, 3.63) is 35.8 Å². The van der Waals surface area contributed by atoms with E-state index in [4.69, 9.17) is 0 Å². The van der Waals surface area contributed by atoms with Crippen molar-refractivity contribution in [2.24, 2.45) is 11.8 Å². The van der Waals surface area contributed by atoms with Gasteiger partial charge in [0.1, 0.15) is 5.65 Å². The van der Waals surface area contributed by atoms with Crippen molar-refractivity contribution in [3.8, 4) is 0 Å². The summed E-state index contributed by atoms with van der Waals surface area (Å²) in [6.45, 7) is 6.55. The van der Waals surface area contributed by atoms with Gasteiger partial charge in [-0.25, -0.2) is 4.98 Å². The molecule has 1 N–H and O–H groups in total. The van der Waals surface area contributed by atoms with Crippen molar-refractivity contribution in [1.29, 1.82) is 0 Å². The Bertz CT molecular complexity index is 565. The first kappa shape index (κ1) is 13.6. The first-order valence-electron chi connectivity index (χ1n) is 7.87. The molecule has 0 unspecified atom stereocenters. The monoisotopic (exact) mass is 271 g/mol. The third-order valence-electron chi connectivity index (χ3n) is 4.69. The summed E-state index contributed by atoms with van der Waals surface area (Å²) in [4.78, 5) is 4.61. The average Bonchev–Trinajstić information content (AvgIpc) is 2.77. The minimum absolute atomic E-state index is 0.866. The zero-order valence-electron chi connectivity index (χ0n) is 12.6. The molecule has 0 radical (unpaired) electrons. The lowest BCUT2D eigenvalue weighted by Crippen LogP contribution is -2.26. The van der Waals surface area contributed by atoms with Crippen LogP contribution in [0.25, 0.3) is 5.65 Å². The van der Waals surface area contributed by atoms with Gasteiger partial charge in [0.05, 0.1) is 11.4 Å². The molecule has 0 aliphatic heterocycles. The summed E-state index contributed by atoms with van der Waals surface area (Å²) in [6.07, 6.45) is 7.69. The largest absolute Gasteiger partial charge is 0.311 e. The van der Waals surface area contributed by atoms with Gasteiger partial charge in [0.15, 0.2) is 0 Å². The normalized spacial score (nSPS) is 23.3. The van der Waals surface area contributed by atoms with Crippen LogP contribution in [0.4, 0.5) is 0 Å². The number of nitrogens with zero attached hydrogens (tertiary/aromatic N) is 2. The highest BCUT2D eigenvalue weighted by atomic mass is 15.0. The van der Waals surface area contributed by atoms with Gasteiger partial charge in [-0.3, -0.25) is 0 Å². The molecule has 20 heavy (non-hydrogen) atoms. The number of imidazole rings is 1. The summed E-state index contributed by atoms with van der Waals surface area (Å²) in [5, 5.41) is 3.64. The van der Waals surface area contributed by atoms with E-state index in [2.05, 4.69) is 46.9 Å². The second-order valence-electron chi connectivity index (χ2n) is 6.33. The van der Waals surface area contributed by atoms with E-state index in [0.29, 0.717) is 0 Å². The first-order chi connectivity index (χ1) is 9.74. The molecule has 0 bridgehead atoms. The van der Waals surface area contributed by atoms with Gasteiger partial charge < -0.3 is 9.72 Å². The quantitative estimate of drug-likeness (QED) is 0.921. The molecule has 0 amide bonds. The molecule has 2 aromatic heterocycles. The zero-order chi connectivity index (χ0) is 13.9. The molecule has 0 spiro atoms. The van der Waals surface area contributed by atoms with Crippen LogP contribution < -0.4 is 5.32 Å². The second-order valence-corrected chi connectivity index (χ2v) is 6.33. The van der Waals surface area contributed by atoms with Crippen molar-refractivity contribution < 1.29 is 0 Å². The maximum atomic E-state index is 4.61. The number of pyridine rings is 1. The number of hydrogen-bond donors (Lipinski definition) is 1. The highest BCUT2D eigenvalue weighted by Crippen LogP contribution is 2.27. The predicted octanol–water partition coefficient (Wildman–Crippen LogP) is 3.56. The molecule has 0 saturated heterocycles. The lowest BCUT2D eigenvalue weighted by molar-refractivity contribution is 0.281. The third kappa shape index (κ3) is 2.88. The van der Waals surface area contributed by atoms with Crippen LogP contribution in [0.2, 0.25) is 0 Å². The molecule has 108 valence electrons. The molecule has 2 heterocycles. The van der Waals surface area contributed by atoms with Gasteiger partial charge in [-0.1, -0.05) is 25.8 Å². The molecule has 1 fully saturated rings. The van der Waals surface area contributed by atoms with Crippen molar-refractivity contribution in [2.45, 2.75) is 46.1 Å². The Hall–Kier alpha value is -1.35.